The molecule has 2 unspecified atom stereocenters. The van der Waals surface area contributed by atoms with Crippen LogP contribution >= 0.6 is 15.9 Å². The molecule has 0 spiro atoms. The van der Waals surface area contributed by atoms with Gasteiger partial charge in [0.15, 0.2) is 0 Å². The molecule has 0 aliphatic carbocycles. The Hall–Kier alpha value is -2.48. The minimum absolute atomic E-state index is 0.0278. The number of carbonyl (C=O) groups excluding carboxylic acids is 2. The first kappa shape index (κ1) is 21.2. The number of carbonyl (C=O) groups is 2. The van der Waals surface area contributed by atoms with Gasteiger partial charge in [-0.3, -0.25) is 9.59 Å². The highest BCUT2D eigenvalue weighted by atomic mass is 79.9. The quantitative estimate of drug-likeness (QED) is 0.718. The van der Waals surface area contributed by atoms with Crippen molar-refractivity contribution in [1.82, 2.24) is 20.2 Å². The van der Waals surface area contributed by atoms with Crippen LogP contribution in [0.5, 0.6) is 0 Å². The Bertz CT molecular complexity index is 823. The molecular weight excluding hydrogens is 434 g/mol. The third-order valence-corrected chi connectivity index (χ3v) is 5.69. The summed E-state index contributed by atoms with van der Waals surface area (Å²) in [6, 6.07) is 8.47. The van der Waals surface area contributed by atoms with Crippen molar-refractivity contribution in [2.45, 2.75) is 26.3 Å². The van der Waals surface area contributed by atoms with Gasteiger partial charge in [0.25, 0.3) is 5.91 Å². The third kappa shape index (κ3) is 5.32. The highest BCUT2D eigenvalue weighted by Crippen LogP contribution is 2.17. The van der Waals surface area contributed by atoms with Crippen LogP contribution in [0, 0.1) is 5.92 Å². The van der Waals surface area contributed by atoms with Crippen LogP contribution in [-0.4, -0.2) is 58.9 Å². The minimum Gasteiger partial charge on any atom is -0.340 e. The number of hydrogen-bond donors (Lipinski definition) is 1. The number of amides is 2. The van der Waals surface area contributed by atoms with Crippen molar-refractivity contribution < 1.29 is 9.59 Å². The summed E-state index contributed by atoms with van der Waals surface area (Å²) in [6.07, 6.45) is 4.24. The van der Waals surface area contributed by atoms with Gasteiger partial charge in [0, 0.05) is 44.1 Å². The topological polar surface area (TPSA) is 78.4 Å². The average Bonchev–Trinajstić information content (AvgIpc) is 2.77. The first-order valence-electron chi connectivity index (χ1n) is 9.86. The lowest BCUT2D eigenvalue weighted by Crippen LogP contribution is -2.57. The van der Waals surface area contributed by atoms with Gasteiger partial charge in [-0.05, 0) is 34.0 Å². The Morgan fingerprint density at radius 3 is 2.31 bits per heavy atom. The maximum Gasteiger partial charge on any atom is 0.251 e. The normalized spacial score (nSPS) is 16.2. The van der Waals surface area contributed by atoms with E-state index >= 15 is 0 Å². The number of nitrogens with one attached hydrogen (secondary N) is 1. The van der Waals surface area contributed by atoms with Crippen LogP contribution in [0.1, 0.15) is 30.6 Å². The Balaban J connectivity index is 1.64. The fourth-order valence-electron chi connectivity index (χ4n) is 3.29. The van der Waals surface area contributed by atoms with Gasteiger partial charge in [-0.2, -0.15) is 0 Å². The molecule has 0 radical (unpaired) electrons. The molecule has 154 valence electrons. The molecule has 2 heterocycles. The molecule has 1 saturated heterocycles. The molecule has 1 N–H and O–H groups in total. The second kappa shape index (κ2) is 9.82. The molecule has 2 aromatic rings. The molecule has 1 aliphatic heterocycles. The molecule has 8 heteroatoms. The maximum atomic E-state index is 13.2. The molecule has 1 aromatic carbocycles. The van der Waals surface area contributed by atoms with Crippen molar-refractivity contribution >= 4 is 33.7 Å². The van der Waals surface area contributed by atoms with E-state index in [1.54, 1.807) is 24.5 Å². The van der Waals surface area contributed by atoms with Crippen LogP contribution < -0.4 is 10.2 Å². The van der Waals surface area contributed by atoms with Crippen LogP contribution in [0.2, 0.25) is 0 Å². The second-order valence-electron chi connectivity index (χ2n) is 7.22. The van der Waals surface area contributed by atoms with Crippen LogP contribution in [0.4, 0.5) is 5.95 Å². The van der Waals surface area contributed by atoms with E-state index < -0.39 is 6.04 Å². The highest BCUT2D eigenvalue weighted by Gasteiger charge is 2.32. The summed E-state index contributed by atoms with van der Waals surface area (Å²) < 4.78 is 0.834. The van der Waals surface area contributed by atoms with E-state index in [1.165, 1.54) is 0 Å². The van der Waals surface area contributed by atoms with E-state index in [0.717, 1.165) is 10.9 Å². The summed E-state index contributed by atoms with van der Waals surface area (Å²) in [7, 11) is 0. The molecule has 29 heavy (non-hydrogen) atoms. The van der Waals surface area contributed by atoms with E-state index in [-0.39, 0.29) is 17.7 Å². The summed E-state index contributed by atoms with van der Waals surface area (Å²) >= 11 is 3.34. The number of halogens is 1. The summed E-state index contributed by atoms with van der Waals surface area (Å²) in [5.74, 6) is 0.463. The number of hydrogen-bond acceptors (Lipinski definition) is 5. The van der Waals surface area contributed by atoms with Crippen LogP contribution in [0.25, 0.3) is 0 Å². The standard InChI is InChI=1S/C21H26BrN5O2/c1-3-15(2)18(25-19(28)16-7-5-4-6-8-16)20(29)26-9-11-27(12-10-26)21-23-13-17(22)14-24-21/h4-8,13-15,18H,3,9-12H2,1-2H3,(H,25,28). The van der Waals surface area contributed by atoms with Gasteiger partial charge in [0.05, 0.1) is 4.47 Å². The Kier molecular flexibility index (Phi) is 7.19. The Labute approximate surface area is 179 Å². The maximum absolute atomic E-state index is 13.2. The molecule has 0 saturated carbocycles. The van der Waals surface area contributed by atoms with Gasteiger partial charge < -0.3 is 15.1 Å². The van der Waals surface area contributed by atoms with E-state index in [1.807, 2.05) is 36.9 Å². The molecule has 7 nitrogen and oxygen atoms in total. The van der Waals surface area contributed by atoms with Crippen molar-refractivity contribution in [2.24, 2.45) is 5.92 Å². The van der Waals surface area contributed by atoms with Crippen LogP contribution in [-0.2, 0) is 4.79 Å². The van der Waals surface area contributed by atoms with Gasteiger partial charge in [0.2, 0.25) is 11.9 Å². The fraction of sp³-hybridized carbons (Fsp3) is 0.429. The number of rotatable bonds is 6. The zero-order valence-corrected chi connectivity index (χ0v) is 18.3. The molecule has 2 amide bonds. The molecule has 1 fully saturated rings. The van der Waals surface area contributed by atoms with E-state index in [0.29, 0.717) is 37.7 Å². The largest absolute Gasteiger partial charge is 0.340 e. The van der Waals surface area contributed by atoms with Gasteiger partial charge in [-0.15, -0.1) is 0 Å². The Morgan fingerprint density at radius 1 is 1.10 bits per heavy atom. The molecule has 3 rings (SSSR count). The number of aromatic nitrogens is 2. The van der Waals surface area contributed by atoms with Gasteiger partial charge in [-0.1, -0.05) is 38.5 Å². The number of anilines is 1. The summed E-state index contributed by atoms with van der Waals surface area (Å²) in [4.78, 5) is 38.4. The molecule has 0 bridgehead atoms. The first-order chi connectivity index (χ1) is 14.0. The van der Waals surface area contributed by atoms with Crippen molar-refractivity contribution in [2.75, 3.05) is 31.1 Å². The summed E-state index contributed by atoms with van der Waals surface area (Å²) in [5.41, 5.74) is 0.561. The van der Waals surface area contributed by atoms with Crippen molar-refractivity contribution in [3.05, 3.63) is 52.8 Å². The SMILES string of the molecule is CCC(C)C(NC(=O)c1ccccc1)C(=O)N1CCN(c2ncc(Br)cn2)CC1. The minimum atomic E-state index is -0.539. The molecule has 1 aliphatic rings. The van der Waals surface area contributed by atoms with Gasteiger partial charge >= 0.3 is 0 Å². The number of piperazine rings is 1. The second-order valence-corrected chi connectivity index (χ2v) is 8.13. The smallest absolute Gasteiger partial charge is 0.251 e. The fourth-order valence-corrected chi connectivity index (χ4v) is 3.49. The molecule has 1 aromatic heterocycles. The molecular formula is C21H26BrN5O2. The zero-order chi connectivity index (χ0) is 20.8. The predicted octanol–water partition coefficient (Wildman–Crippen LogP) is 2.73. The number of benzene rings is 1. The highest BCUT2D eigenvalue weighted by molar-refractivity contribution is 9.10. The van der Waals surface area contributed by atoms with Crippen LogP contribution in [0.15, 0.2) is 47.2 Å². The van der Waals surface area contributed by atoms with Gasteiger partial charge in [-0.25, -0.2) is 9.97 Å². The van der Waals surface area contributed by atoms with Crippen molar-refractivity contribution in [3.63, 3.8) is 0 Å². The van der Waals surface area contributed by atoms with E-state index in [9.17, 15) is 9.59 Å². The first-order valence-corrected chi connectivity index (χ1v) is 10.7. The van der Waals surface area contributed by atoms with E-state index in [2.05, 4.69) is 36.1 Å². The lowest BCUT2D eigenvalue weighted by molar-refractivity contribution is -0.134. The average molecular weight is 460 g/mol. The summed E-state index contributed by atoms with van der Waals surface area (Å²) in [5, 5.41) is 2.96. The predicted molar refractivity (Wildman–Crippen MR) is 116 cm³/mol. The zero-order valence-electron chi connectivity index (χ0n) is 16.7. The monoisotopic (exact) mass is 459 g/mol. The van der Waals surface area contributed by atoms with Crippen LogP contribution in [0.3, 0.4) is 0 Å². The number of nitrogens with zero attached hydrogens (tertiary/aromatic N) is 4. The third-order valence-electron chi connectivity index (χ3n) is 5.28. The lowest BCUT2D eigenvalue weighted by Gasteiger charge is -2.37. The summed E-state index contributed by atoms with van der Waals surface area (Å²) in [6.45, 7) is 6.50. The van der Waals surface area contributed by atoms with E-state index in [4.69, 9.17) is 0 Å². The van der Waals surface area contributed by atoms with Gasteiger partial charge in [0.1, 0.15) is 6.04 Å². The lowest BCUT2D eigenvalue weighted by atomic mass is 9.97. The van der Waals surface area contributed by atoms with Crippen molar-refractivity contribution in [3.8, 4) is 0 Å². The van der Waals surface area contributed by atoms with Crippen molar-refractivity contribution in [1.29, 1.82) is 0 Å². The molecule has 2 atom stereocenters. The Morgan fingerprint density at radius 2 is 1.72 bits per heavy atom.